The van der Waals surface area contributed by atoms with Crippen LogP contribution in [0.1, 0.15) is 13.3 Å². The molecule has 7 heteroatoms. The number of aliphatic hydroxyl groups is 1. The highest BCUT2D eigenvalue weighted by Crippen LogP contribution is 2.32. The molecule has 2 unspecified atom stereocenters. The Balaban J connectivity index is 1.49. The molecule has 1 N–H and O–H groups in total. The Morgan fingerprint density at radius 3 is 2.53 bits per heavy atom. The molecule has 2 atom stereocenters. The van der Waals surface area contributed by atoms with E-state index in [-0.39, 0.29) is 12.0 Å². The summed E-state index contributed by atoms with van der Waals surface area (Å²) >= 11 is 0. The molecule has 1 aromatic carbocycles. The molecular formula is C23H27N5O2. The summed E-state index contributed by atoms with van der Waals surface area (Å²) in [7, 11) is 0. The number of pyridine rings is 1. The maximum atomic E-state index is 10.0. The van der Waals surface area contributed by atoms with Crippen LogP contribution in [0.25, 0.3) is 22.3 Å². The molecule has 4 heterocycles. The largest absolute Gasteiger partial charge is 0.393 e. The minimum absolute atomic E-state index is 0.259. The van der Waals surface area contributed by atoms with Gasteiger partial charge in [-0.3, -0.25) is 4.98 Å². The van der Waals surface area contributed by atoms with E-state index in [0.29, 0.717) is 0 Å². The van der Waals surface area contributed by atoms with E-state index in [1.165, 1.54) is 5.69 Å². The number of ether oxygens (including phenoxy) is 1. The lowest BCUT2D eigenvalue weighted by molar-refractivity contribution is 0.122. The van der Waals surface area contributed by atoms with Crippen LogP contribution >= 0.6 is 0 Å². The highest BCUT2D eigenvalue weighted by molar-refractivity contribution is 5.89. The fraction of sp³-hybridized carbons (Fsp3) is 0.435. The summed E-state index contributed by atoms with van der Waals surface area (Å²) in [5.74, 6) is 1.12. The number of fused-ring (bicyclic) bond motifs is 1. The molecule has 156 valence electrons. The summed E-state index contributed by atoms with van der Waals surface area (Å²) in [6.45, 7) is 6.92. The lowest BCUT2D eigenvalue weighted by Crippen LogP contribution is -2.36. The number of morpholine rings is 1. The highest BCUT2D eigenvalue weighted by Gasteiger charge is 2.28. The zero-order valence-corrected chi connectivity index (χ0v) is 17.2. The van der Waals surface area contributed by atoms with Crippen molar-refractivity contribution in [2.24, 2.45) is 5.92 Å². The van der Waals surface area contributed by atoms with E-state index >= 15 is 0 Å². The van der Waals surface area contributed by atoms with Crippen LogP contribution in [0.2, 0.25) is 0 Å². The highest BCUT2D eigenvalue weighted by atomic mass is 16.5. The van der Waals surface area contributed by atoms with Crippen molar-refractivity contribution in [1.29, 1.82) is 0 Å². The van der Waals surface area contributed by atoms with Gasteiger partial charge >= 0.3 is 0 Å². The number of benzene rings is 1. The van der Waals surface area contributed by atoms with Gasteiger partial charge in [0.15, 0.2) is 5.82 Å². The summed E-state index contributed by atoms with van der Waals surface area (Å²) in [6.07, 6.45) is 4.08. The maximum absolute atomic E-state index is 10.0. The van der Waals surface area contributed by atoms with E-state index in [4.69, 9.17) is 9.72 Å². The van der Waals surface area contributed by atoms with Crippen molar-refractivity contribution in [2.75, 3.05) is 49.2 Å². The third-order valence-electron chi connectivity index (χ3n) is 6.18. The molecule has 0 amide bonds. The van der Waals surface area contributed by atoms with E-state index in [2.05, 4.69) is 44.0 Å². The number of hydrogen-bond donors (Lipinski definition) is 1. The smallest absolute Gasteiger partial charge is 0.157 e. The van der Waals surface area contributed by atoms with Gasteiger partial charge in [-0.25, -0.2) is 9.97 Å². The monoisotopic (exact) mass is 405 g/mol. The SMILES string of the molecule is CC(O)C1CCN(c2nc(-c3ccc(N4CCOCC4)cc3)cc3nccnc23)C1. The van der Waals surface area contributed by atoms with Crippen molar-refractivity contribution in [3.05, 3.63) is 42.7 Å². The van der Waals surface area contributed by atoms with Crippen LogP contribution in [0, 0.1) is 5.92 Å². The predicted octanol–water partition coefficient (Wildman–Crippen LogP) is 2.74. The molecule has 2 fully saturated rings. The van der Waals surface area contributed by atoms with Crippen LogP contribution in [0.4, 0.5) is 11.5 Å². The molecule has 0 radical (unpaired) electrons. The Labute approximate surface area is 176 Å². The van der Waals surface area contributed by atoms with Gasteiger partial charge in [-0.1, -0.05) is 12.1 Å². The maximum Gasteiger partial charge on any atom is 0.157 e. The molecule has 2 saturated heterocycles. The van der Waals surface area contributed by atoms with Crippen LogP contribution in [0.15, 0.2) is 42.7 Å². The van der Waals surface area contributed by atoms with E-state index in [0.717, 1.165) is 73.9 Å². The summed E-state index contributed by atoms with van der Waals surface area (Å²) in [6, 6.07) is 10.6. The predicted molar refractivity (Wildman–Crippen MR) is 118 cm³/mol. The van der Waals surface area contributed by atoms with Crippen molar-refractivity contribution in [2.45, 2.75) is 19.4 Å². The number of hydrogen-bond acceptors (Lipinski definition) is 7. The molecule has 3 aromatic rings. The molecule has 2 aliphatic heterocycles. The quantitative estimate of drug-likeness (QED) is 0.715. The second kappa shape index (κ2) is 8.16. The fourth-order valence-electron chi connectivity index (χ4n) is 4.36. The van der Waals surface area contributed by atoms with Crippen molar-refractivity contribution in [1.82, 2.24) is 15.0 Å². The van der Waals surface area contributed by atoms with Gasteiger partial charge in [0.05, 0.1) is 30.5 Å². The molecule has 0 saturated carbocycles. The van der Waals surface area contributed by atoms with Gasteiger partial charge in [0.25, 0.3) is 0 Å². The molecule has 2 aliphatic rings. The molecule has 5 rings (SSSR count). The van der Waals surface area contributed by atoms with Crippen LogP contribution in [-0.2, 0) is 4.74 Å². The van der Waals surface area contributed by atoms with Gasteiger partial charge in [0.1, 0.15) is 5.52 Å². The lowest BCUT2D eigenvalue weighted by atomic mass is 10.0. The van der Waals surface area contributed by atoms with E-state index in [1.54, 1.807) is 12.4 Å². The van der Waals surface area contributed by atoms with Crippen LogP contribution in [0.5, 0.6) is 0 Å². The standard InChI is InChI=1S/C23H27N5O2/c1-16(29)18-6-9-28(15-18)23-22-21(24-7-8-25-22)14-20(26-23)17-2-4-19(5-3-17)27-10-12-30-13-11-27/h2-5,7-8,14,16,18,29H,6,9-13,15H2,1H3. The van der Waals surface area contributed by atoms with Crippen molar-refractivity contribution < 1.29 is 9.84 Å². The van der Waals surface area contributed by atoms with Gasteiger partial charge < -0.3 is 19.6 Å². The summed E-state index contributed by atoms with van der Waals surface area (Å²) in [5, 5.41) is 10.0. The lowest BCUT2D eigenvalue weighted by Gasteiger charge is -2.29. The Morgan fingerprint density at radius 1 is 1.03 bits per heavy atom. The van der Waals surface area contributed by atoms with Crippen molar-refractivity contribution in [3.8, 4) is 11.3 Å². The number of aliphatic hydroxyl groups excluding tert-OH is 1. The molecule has 0 aliphatic carbocycles. The summed E-state index contributed by atoms with van der Waals surface area (Å²) in [5.41, 5.74) is 4.83. The first-order valence-corrected chi connectivity index (χ1v) is 10.7. The van der Waals surface area contributed by atoms with Gasteiger partial charge in [0.2, 0.25) is 0 Å². The first kappa shape index (κ1) is 19.2. The third-order valence-corrected chi connectivity index (χ3v) is 6.18. The first-order valence-electron chi connectivity index (χ1n) is 10.7. The van der Waals surface area contributed by atoms with Crippen LogP contribution in [-0.4, -0.2) is 65.6 Å². The molecule has 2 aromatic heterocycles. The van der Waals surface area contributed by atoms with Gasteiger partial charge in [0, 0.05) is 55.7 Å². The van der Waals surface area contributed by atoms with Crippen LogP contribution in [0.3, 0.4) is 0 Å². The molecule has 0 bridgehead atoms. The van der Waals surface area contributed by atoms with E-state index in [1.807, 2.05) is 13.0 Å². The van der Waals surface area contributed by atoms with E-state index < -0.39 is 0 Å². The Kier molecular flexibility index (Phi) is 5.23. The minimum Gasteiger partial charge on any atom is -0.393 e. The molecule has 7 nitrogen and oxygen atoms in total. The van der Waals surface area contributed by atoms with Crippen molar-refractivity contribution >= 4 is 22.5 Å². The molecule has 30 heavy (non-hydrogen) atoms. The van der Waals surface area contributed by atoms with Gasteiger partial charge in [-0.2, -0.15) is 0 Å². The third kappa shape index (κ3) is 3.70. The summed E-state index contributed by atoms with van der Waals surface area (Å²) < 4.78 is 5.45. The fourth-order valence-corrected chi connectivity index (χ4v) is 4.36. The van der Waals surface area contributed by atoms with Crippen LogP contribution < -0.4 is 9.80 Å². The topological polar surface area (TPSA) is 74.6 Å². The summed E-state index contributed by atoms with van der Waals surface area (Å²) in [4.78, 5) is 18.7. The first-order chi connectivity index (χ1) is 14.7. The second-order valence-corrected chi connectivity index (χ2v) is 8.14. The molecule has 0 spiro atoms. The number of nitrogens with zero attached hydrogens (tertiary/aromatic N) is 5. The Hall–Kier alpha value is -2.77. The molecular weight excluding hydrogens is 378 g/mol. The van der Waals surface area contributed by atoms with Gasteiger partial charge in [-0.15, -0.1) is 0 Å². The van der Waals surface area contributed by atoms with Gasteiger partial charge in [-0.05, 0) is 31.5 Å². The zero-order chi connectivity index (χ0) is 20.5. The Morgan fingerprint density at radius 2 is 1.80 bits per heavy atom. The average molecular weight is 406 g/mol. The minimum atomic E-state index is -0.316. The Bertz CT molecular complexity index is 1020. The van der Waals surface area contributed by atoms with Crippen molar-refractivity contribution in [3.63, 3.8) is 0 Å². The normalized spacial score (nSPS) is 20.7. The van der Waals surface area contributed by atoms with E-state index in [9.17, 15) is 5.11 Å². The number of rotatable bonds is 4. The average Bonchev–Trinajstić information content (AvgIpc) is 3.30. The number of anilines is 2. The number of aromatic nitrogens is 3. The second-order valence-electron chi connectivity index (χ2n) is 8.14. The zero-order valence-electron chi connectivity index (χ0n) is 17.2.